The maximum atomic E-state index is 13.8. The van der Waals surface area contributed by atoms with Crippen LogP contribution in [0.3, 0.4) is 0 Å². The van der Waals surface area contributed by atoms with Crippen molar-refractivity contribution in [2.75, 3.05) is 0 Å². The summed E-state index contributed by atoms with van der Waals surface area (Å²) in [5.41, 5.74) is 2.40. The van der Waals surface area contributed by atoms with Gasteiger partial charge in [-0.15, -0.1) is 0 Å². The van der Waals surface area contributed by atoms with Gasteiger partial charge >= 0.3 is 0 Å². The fourth-order valence-corrected chi connectivity index (χ4v) is 4.62. The number of hydrogen-bond acceptors (Lipinski definition) is 2. The zero-order chi connectivity index (χ0) is 23.0. The lowest BCUT2D eigenvalue weighted by molar-refractivity contribution is -0.133. The number of nitrogens with zero attached hydrogens (tertiary/aromatic N) is 2. The van der Waals surface area contributed by atoms with Crippen molar-refractivity contribution in [3.8, 4) is 0 Å². The average molecular weight is 458 g/mol. The molecule has 0 fully saturated rings. The van der Waals surface area contributed by atoms with Gasteiger partial charge in [0.25, 0.3) is 5.91 Å². The molecule has 0 bridgehead atoms. The van der Waals surface area contributed by atoms with Gasteiger partial charge in [0, 0.05) is 29.0 Å². The minimum Gasteiger partial charge on any atom is -0.350 e. The van der Waals surface area contributed by atoms with Crippen molar-refractivity contribution >= 4 is 34.3 Å². The Labute approximate surface area is 197 Å². The first-order chi connectivity index (χ1) is 16.0. The largest absolute Gasteiger partial charge is 0.350 e. The van der Waals surface area contributed by atoms with E-state index >= 15 is 0 Å². The topological polar surface area (TPSA) is 54.3 Å². The third kappa shape index (κ3) is 3.89. The van der Waals surface area contributed by atoms with E-state index in [1.807, 2.05) is 84.3 Å². The van der Waals surface area contributed by atoms with Crippen molar-refractivity contribution in [3.63, 3.8) is 0 Å². The van der Waals surface area contributed by atoms with E-state index in [1.54, 1.807) is 17.0 Å². The monoisotopic (exact) mass is 457 g/mol. The highest BCUT2D eigenvalue weighted by molar-refractivity contribution is 6.30. The first kappa shape index (κ1) is 21.3. The number of halogens is 1. The van der Waals surface area contributed by atoms with Gasteiger partial charge in [-0.25, -0.2) is 0 Å². The molecule has 0 saturated heterocycles. The summed E-state index contributed by atoms with van der Waals surface area (Å²) >= 11 is 6.05. The van der Waals surface area contributed by atoms with E-state index in [-0.39, 0.29) is 11.8 Å². The van der Waals surface area contributed by atoms with Crippen molar-refractivity contribution < 1.29 is 9.59 Å². The SMILES string of the molecule is CC1(C(=O)NCc2ccccc2)Cn2c(cc3ccccc32)C(=O)N1Cc1ccc(Cl)cc1. The van der Waals surface area contributed by atoms with Gasteiger partial charge in [-0.05, 0) is 42.3 Å². The summed E-state index contributed by atoms with van der Waals surface area (Å²) in [6.45, 7) is 2.93. The molecule has 5 nitrogen and oxygen atoms in total. The summed E-state index contributed by atoms with van der Waals surface area (Å²) in [6, 6.07) is 26.9. The second-order valence-electron chi connectivity index (χ2n) is 8.63. The Hall–Kier alpha value is -3.57. The normalized spacial score (nSPS) is 17.8. The maximum Gasteiger partial charge on any atom is 0.271 e. The molecule has 1 N–H and O–H groups in total. The minimum atomic E-state index is -1.07. The van der Waals surface area contributed by atoms with Crippen LogP contribution in [0.2, 0.25) is 5.02 Å². The molecular formula is C27H24ClN3O2. The number of carbonyl (C=O) groups excluding carboxylic acids is 2. The fourth-order valence-electron chi connectivity index (χ4n) is 4.50. The number of para-hydroxylation sites is 1. The number of amides is 2. The smallest absolute Gasteiger partial charge is 0.271 e. The maximum absolute atomic E-state index is 13.8. The molecule has 5 rings (SSSR count). The van der Waals surface area contributed by atoms with Gasteiger partial charge in [0.2, 0.25) is 5.91 Å². The zero-order valence-corrected chi connectivity index (χ0v) is 19.0. The Balaban J connectivity index is 1.53. The van der Waals surface area contributed by atoms with Gasteiger partial charge in [-0.1, -0.05) is 72.3 Å². The number of nitrogens with one attached hydrogen (secondary N) is 1. The lowest BCUT2D eigenvalue weighted by atomic mass is 9.93. The molecule has 2 amide bonds. The highest BCUT2D eigenvalue weighted by Gasteiger charge is 2.47. The molecule has 0 radical (unpaired) electrons. The number of rotatable bonds is 5. The zero-order valence-electron chi connectivity index (χ0n) is 18.3. The van der Waals surface area contributed by atoms with Crippen LogP contribution in [0.25, 0.3) is 10.9 Å². The highest BCUT2D eigenvalue weighted by Crippen LogP contribution is 2.33. The standard InChI is InChI=1S/C27H24ClN3O2/c1-27(26(33)29-16-19-7-3-2-4-8-19)18-30-23-10-6-5-9-21(23)15-24(30)25(32)31(27)17-20-11-13-22(28)14-12-20/h2-15H,16-18H2,1H3,(H,29,33). The van der Waals surface area contributed by atoms with Crippen LogP contribution in [-0.2, 0) is 24.4 Å². The molecule has 1 aliphatic rings. The highest BCUT2D eigenvalue weighted by atomic mass is 35.5. The summed E-state index contributed by atoms with van der Waals surface area (Å²) in [5, 5.41) is 4.68. The van der Waals surface area contributed by atoms with E-state index in [1.165, 1.54) is 0 Å². The van der Waals surface area contributed by atoms with Crippen LogP contribution in [-0.4, -0.2) is 26.8 Å². The number of aromatic nitrogens is 1. The molecular weight excluding hydrogens is 434 g/mol. The summed E-state index contributed by atoms with van der Waals surface area (Å²) < 4.78 is 1.97. The van der Waals surface area contributed by atoms with Crippen LogP contribution in [0.1, 0.15) is 28.5 Å². The van der Waals surface area contributed by atoms with E-state index in [0.29, 0.717) is 30.4 Å². The average Bonchev–Trinajstić information content (AvgIpc) is 3.20. The number of hydrogen-bond donors (Lipinski definition) is 1. The second-order valence-corrected chi connectivity index (χ2v) is 9.07. The number of fused-ring (bicyclic) bond motifs is 3. The Morgan fingerprint density at radius 3 is 2.42 bits per heavy atom. The molecule has 4 aromatic rings. The van der Waals surface area contributed by atoms with Crippen molar-refractivity contribution in [3.05, 3.63) is 107 Å². The van der Waals surface area contributed by atoms with E-state index in [2.05, 4.69) is 5.32 Å². The molecule has 1 atom stereocenters. The van der Waals surface area contributed by atoms with E-state index < -0.39 is 5.54 Å². The van der Waals surface area contributed by atoms with Gasteiger partial charge in [-0.2, -0.15) is 0 Å². The number of benzene rings is 3. The van der Waals surface area contributed by atoms with E-state index in [0.717, 1.165) is 22.0 Å². The lowest BCUT2D eigenvalue weighted by Gasteiger charge is -2.44. The molecule has 1 aromatic heterocycles. The van der Waals surface area contributed by atoms with Crippen LogP contribution in [0.4, 0.5) is 0 Å². The molecule has 33 heavy (non-hydrogen) atoms. The van der Waals surface area contributed by atoms with Crippen LogP contribution < -0.4 is 5.32 Å². The Kier molecular flexibility index (Phi) is 5.43. The summed E-state index contributed by atoms with van der Waals surface area (Å²) in [6.07, 6.45) is 0. The van der Waals surface area contributed by atoms with Crippen molar-refractivity contribution in [1.29, 1.82) is 0 Å². The molecule has 1 aliphatic heterocycles. The molecule has 6 heteroatoms. The molecule has 0 saturated carbocycles. The van der Waals surface area contributed by atoms with Gasteiger partial charge in [0.05, 0.1) is 6.54 Å². The van der Waals surface area contributed by atoms with Gasteiger partial charge < -0.3 is 14.8 Å². The van der Waals surface area contributed by atoms with Crippen molar-refractivity contribution in [2.45, 2.75) is 32.1 Å². The molecule has 0 spiro atoms. The van der Waals surface area contributed by atoms with E-state index in [4.69, 9.17) is 11.6 Å². The minimum absolute atomic E-state index is 0.162. The van der Waals surface area contributed by atoms with Crippen molar-refractivity contribution in [1.82, 2.24) is 14.8 Å². The first-order valence-electron chi connectivity index (χ1n) is 10.9. The molecule has 1 unspecified atom stereocenters. The predicted octanol–water partition coefficient (Wildman–Crippen LogP) is 5.03. The quantitative estimate of drug-likeness (QED) is 0.457. The van der Waals surface area contributed by atoms with Gasteiger partial charge in [0.1, 0.15) is 11.2 Å². The Bertz CT molecular complexity index is 1330. The van der Waals surface area contributed by atoms with Gasteiger partial charge in [-0.3, -0.25) is 9.59 Å². The summed E-state index contributed by atoms with van der Waals surface area (Å²) in [7, 11) is 0. The fraction of sp³-hybridized carbons (Fsp3) is 0.185. The van der Waals surface area contributed by atoms with Crippen LogP contribution in [0.15, 0.2) is 84.9 Å². The second kappa shape index (κ2) is 8.41. The van der Waals surface area contributed by atoms with Crippen LogP contribution in [0.5, 0.6) is 0 Å². The van der Waals surface area contributed by atoms with Crippen molar-refractivity contribution in [2.24, 2.45) is 0 Å². The molecule has 166 valence electrons. The van der Waals surface area contributed by atoms with Gasteiger partial charge in [0.15, 0.2) is 0 Å². The third-order valence-electron chi connectivity index (χ3n) is 6.38. The summed E-state index contributed by atoms with van der Waals surface area (Å²) in [4.78, 5) is 29.1. The predicted molar refractivity (Wildman–Crippen MR) is 130 cm³/mol. The summed E-state index contributed by atoms with van der Waals surface area (Å²) in [5.74, 6) is -0.346. The Morgan fingerprint density at radius 2 is 1.67 bits per heavy atom. The third-order valence-corrected chi connectivity index (χ3v) is 6.63. The first-order valence-corrected chi connectivity index (χ1v) is 11.3. The van der Waals surface area contributed by atoms with Crippen LogP contribution in [0, 0.1) is 0 Å². The Morgan fingerprint density at radius 1 is 0.970 bits per heavy atom. The molecule has 2 heterocycles. The lowest BCUT2D eigenvalue weighted by Crippen LogP contribution is -2.63. The molecule has 3 aromatic carbocycles. The number of carbonyl (C=O) groups is 2. The van der Waals surface area contributed by atoms with Crippen LogP contribution >= 0.6 is 11.6 Å². The van der Waals surface area contributed by atoms with E-state index in [9.17, 15) is 9.59 Å². The molecule has 0 aliphatic carbocycles.